The summed E-state index contributed by atoms with van der Waals surface area (Å²) in [6.45, 7) is 1.58. The number of H-pyrrole nitrogens is 1. The van der Waals surface area contributed by atoms with Crippen LogP contribution >= 0.6 is 0 Å². The summed E-state index contributed by atoms with van der Waals surface area (Å²) in [6, 6.07) is 5.99. The van der Waals surface area contributed by atoms with Gasteiger partial charge in [0.25, 0.3) is 5.91 Å². The largest absolute Gasteiger partial charge is 0.319 e. The van der Waals surface area contributed by atoms with Crippen LogP contribution in [0, 0.1) is 11.3 Å². The second kappa shape index (κ2) is 4.80. The number of amides is 1. The molecule has 0 aromatic carbocycles. The van der Waals surface area contributed by atoms with Gasteiger partial charge in [0.15, 0.2) is 0 Å². The maximum Gasteiger partial charge on any atom is 0.271 e. The molecule has 2 heterocycles. The van der Waals surface area contributed by atoms with Crippen molar-refractivity contribution >= 4 is 5.91 Å². The minimum absolute atomic E-state index is 0.222. The van der Waals surface area contributed by atoms with Gasteiger partial charge in [-0.05, 0) is 6.07 Å². The highest BCUT2D eigenvalue weighted by Gasteiger charge is 2.27. The monoisotopic (exact) mass is 232 g/mol. The van der Waals surface area contributed by atoms with Crippen molar-refractivity contribution < 1.29 is 4.79 Å². The van der Waals surface area contributed by atoms with Crippen molar-refractivity contribution in [2.45, 2.75) is 6.04 Å². The highest BCUT2D eigenvalue weighted by atomic mass is 16.2. The summed E-state index contributed by atoms with van der Waals surface area (Å²) in [6.07, 6.45) is 0. The SMILES string of the molecule is N#CC1CNCCN1C(=O)c1cccc(=O)[nH]1. The highest BCUT2D eigenvalue weighted by molar-refractivity contribution is 5.92. The van der Waals surface area contributed by atoms with Crippen molar-refractivity contribution in [3.63, 3.8) is 0 Å². The number of rotatable bonds is 1. The number of nitrogens with zero attached hydrogens (tertiary/aromatic N) is 2. The first-order chi connectivity index (χ1) is 8.22. The molecule has 1 atom stereocenters. The summed E-state index contributed by atoms with van der Waals surface area (Å²) < 4.78 is 0. The Morgan fingerprint density at radius 2 is 2.35 bits per heavy atom. The third-order valence-electron chi connectivity index (χ3n) is 2.65. The van der Waals surface area contributed by atoms with Crippen molar-refractivity contribution in [1.29, 1.82) is 5.26 Å². The van der Waals surface area contributed by atoms with Crippen molar-refractivity contribution in [2.75, 3.05) is 19.6 Å². The van der Waals surface area contributed by atoms with E-state index in [1.165, 1.54) is 17.0 Å². The molecule has 0 radical (unpaired) electrons. The Balaban J connectivity index is 2.25. The zero-order valence-corrected chi connectivity index (χ0v) is 9.14. The third-order valence-corrected chi connectivity index (χ3v) is 2.65. The lowest BCUT2D eigenvalue weighted by Crippen LogP contribution is -2.53. The molecule has 1 unspecified atom stereocenters. The number of piperazine rings is 1. The van der Waals surface area contributed by atoms with Crippen LogP contribution < -0.4 is 10.9 Å². The van der Waals surface area contributed by atoms with E-state index in [0.29, 0.717) is 19.6 Å². The Morgan fingerprint density at radius 3 is 3.06 bits per heavy atom. The molecule has 0 aliphatic carbocycles. The van der Waals surface area contributed by atoms with Crippen molar-refractivity contribution in [1.82, 2.24) is 15.2 Å². The van der Waals surface area contributed by atoms with Gasteiger partial charge in [0.05, 0.1) is 6.07 Å². The Hall–Kier alpha value is -2.13. The van der Waals surface area contributed by atoms with E-state index in [9.17, 15) is 9.59 Å². The second-order valence-corrected chi connectivity index (χ2v) is 3.78. The summed E-state index contributed by atoms with van der Waals surface area (Å²) in [4.78, 5) is 27.2. The summed E-state index contributed by atoms with van der Waals surface area (Å²) >= 11 is 0. The quantitative estimate of drug-likeness (QED) is 0.671. The normalized spacial score (nSPS) is 19.7. The lowest BCUT2D eigenvalue weighted by molar-refractivity contribution is 0.0681. The molecule has 0 spiro atoms. The Morgan fingerprint density at radius 1 is 1.53 bits per heavy atom. The van der Waals surface area contributed by atoms with E-state index in [1.54, 1.807) is 6.07 Å². The maximum atomic E-state index is 12.1. The van der Waals surface area contributed by atoms with E-state index in [4.69, 9.17) is 5.26 Å². The molecule has 1 aromatic rings. The maximum absolute atomic E-state index is 12.1. The Labute approximate surface area is 97.9 Å². The van der Waals surface area contributed by atoms with Crippen LogP contribution in [0.4, 0.5) is 0 Å². The average molecular weight is 232 g/mol. The van der Waals surface area contributed by atoms with E-state index in [2.05, 4.69) is 16.4 Å². The van der Waals surface area contributed by atoms with Crippen molar-refractivity contribution in [3.8, 4) is 6.07 Å². The number of hydrogen-bond acceptors (Lipinski definition) is 4. The van der Waals surface area contributed by atoms with Crippen LogP contribution in [0.5, 0.6) is 0 Å². The fraction of sp³-hybridized carbons (Fsp3) is 0.364. The first kappa shape index (κ1) is 11.4. The predicted octanol–water partition coefficient (Wildman–Crippen LogP) is -0.688. The average Bonchev–Trinajstić information content (AvgIpc) is 2.38. The van der Waals surface area contributed by atoms with E-state index >= 15 is 0 Å². The van der Waals surface area contributed by atoms with E-state index in [0.717, 1.165) is 0 Å². The number of nitriles is 1. The van der Waals surface area contributed by atoms with Gasteiger partial charge >= 0.3 is 0 Å². The summed E-state index contributed by atoms with van der Waals surface area (Å²) in [5, 5.41) is 12.0. The van der Waals surface area contributed by atoms with Gasteiger partial charge in [0, 0.05) is 25.7 Å². The summed E-state index contributed by atoms with van der Waals surface area (Å²) in [5.41, 5.74) is -0.0980. The first-order valence-corrected chi connectivity index (χ1v) is 5.33. The molecule has 0 saturated carbocycles. The molecule has 1 saturated heterocycles. The van der Waals surface area contributed by atoms with Crippen LogP contribution in [0.25, 0.3) is 0 Å². The number of aromatic amines is 1. The van der Waals surface area contributed by atoms with Crippen LogP contribution in [0.1, 0.15) is 10.5 Å². The lowest BCUT2D eigenvalue weighted by atomic mass is 10.2. The first-order valence-electron chi connectivity index (χ1n) is 5.33. The molecule has 2 N–H and O–H groups in total. The number of aromatic nitrogens is 1. The molecule has 88 valence electrons. The number of carbonyl (C=O) groups is 1. The zero-order valence-electron chi connectivity index (χ0n) is 9.14. The molecule has 17 heavy (non-hydrogen) atoms. The summed E-state index contributed by atoms with van der Waals surface area (Å²) in [5.74, 6) is -0.309. The molecule has 2 rings (SSSR count). The number of nitrogens with one attached hydrogen (secondary N) is 2. The van der Waals surface area contributed by atoms with Crippen LogP contribution in [0.2, 0.25) is 0 Å². The van der Waals surface area contributed by atoms with Gasteiger partial charge in [-0.2, -0.15) is 5.26 Å². The second-order valence-electron chi connectivity index (χ2n) is 3.78. The molecule has 1 fully saturated rings. The van der Waals surface area contributed by atoms with Gasteiger partial charge in [-0.3, -0.25) is 9.59 Å². The predicted molar refractivity (Wildman–Crippen MR) is 60.4 cm³/mol. The fourth-order valence-electron chi connectivity index (χ4n) is 1.79. The van der Waals surface area contributed by atoms with Gasteiger partial charge in [-0.25, -0.2) is 0 Å². The smallest absolute Gasteiger partial charge is 0.271 e. The standard InChI is InChI=1S/C11H12N4O2/c12-6-8-7-13-4-5-15(8)11(17)9-2-1-3-10(16)14-9/h1-3,8,13H,4-5,7H2,(H,14,16). The Kier molecular flexibility index (Phi) is 3.21. The molecule has 1 aliphatic heterocycles. The Bertz CT molecular complexity index is 517. The van der Waals surface area contributed by atoms with Gasteiger partial charge < -0.3 is 15.2 Å². The van der Waals surface area contributed by atoms with Crippen molar-refractivity contribution in [2.24, 2.45) is 0 Å². The van der Waals surface area contributed by atoms with Crippen molar-refractivity contribution in [3.05, 3.63) is 34.2 Å². The molecular formula is C11H12N4O2. The van der Waals surface area contributed by atoms with E-state index < -0.39 is 6.04 Å². The number of pyridine rings is 1. The summed E-state index contributed by atoms with van der Waals surface area (Å²) in [7, 11) is 0. The molecule has 1 amide bonds. The van der Waals surface area contributed by atoms with Gasteiger partial charge in [-0.1, -0.05) is 6.07 Å². The third kappa shape index (κ3) is 2.34. The highest BCUT2D eigenvalue weighted by Crippen LogP contribution is 2.07. The minimum Gasteiger partial charge on any atom is -0.319 e. The van der Waals surface area contributed by atoms with Gasteiger partial charge in [0.2, 0.25) is 5.56 Å². The van der Waals surface area contributed by atoms with E-state index in [1.807, 2.05) is 0 Å². The molecule has 1 aromatic heterocycles. The molecule has 0 bridgehead atoms. The fourth-order valence-corrected chi connectivity index (χ4v) is 1.79. The number of hydrogen-bond donors (Lipinski definition) is 2. The molecule has 6 nitrogen and oxygen atoms in total. The van der Waals surface area contributed by atoms with Crippen LogP contribution in [0.15, 0.2) is 23.0 Å². The van der Waals surface area contributed by atoms with Gasteiger partial charge in [0.1, 0.15) is 11.7 Å². The minimum atomic E-state index is -0.486. The van der Waals surface area contributed by atoms with Crippen LogP contribution in [-0.2, 0) is 0 Å². The molecule has 6 heteroatoms. The topological polar surface area (TPSA) is 89.0 Å². The molecular weight excluding hydrogens is 220 g/mol. The zero-order chi connectivity index (χ0) is 12.3. The molecule has 1 aliphatic rings. The number of carbonyl (C=O) groups excluding carboxylic acids is 1. The lowest BCUT2D eigenvalue weighted by Gasteiger charge is -2.31. The van der Waals surface area contributed by atoms with Crippen LogP contribution in [-0.4, -0.2) is 41.5 Å². The van der Waals surface area contributed by atoms with Crippen LogP contribution in [0.3, 0.4) is 0 Å². The van der Waals surface area contributed by atoms with E-state index in [-0.39, 0.29) is 17.2 Å². The van der Waals surface area contributed by atoms with Gasteiger partial charge in [-0.15, -0.1) is 0 Å².